The van der Waals surface area contributed by atoms with Crippen LogP contribution in [0.5, 0.6) is 0 Å². The van der Waals surface area contributed by atoms with Crippen molar-refractivity contribution >= 4 is 38.8 Å². The monoisotopic (exact) mass is 460 g/mol. The van der Waals surface area contributed by atoms with Gasteiger partial charge < -0.3 is 11.1 Å². The van der Waals surface area contributed by atoms with Crippen molar-refractivity contribution in [2.45, 2.75) is 31.3 Å². The zero-order chi connectivity index (χ0) is 22.2. The van der Waals surface area contributed by atoms with Crippen molar-refractivity contribution < 1.29 is 18.0 Å². The van der Waals surface area contributed by atoms with Crippen molar-refractivity contribution in [2.75, 3.05) is 25.4 Å². The Morgan fingerprint density at radius 1 is 1.19 bits per heavy atom. The highest BCUT2D eigenvalue weighted by molar-refractivity contribution is 7.21. The number of carbonyl (C=O) groups excluding carboxylic acids is 1. The van der Waals surface area contributed by atoms with Gasteiger partial charge in [-0.05, 0) is 37.0 Å². The molecule has 3 saturated heterocycles. The Bertz CT molecular complexity index is 1260. The molecule has 6 rings (SSSR count). The summed E-state index contributed by atoms with van der Waals surface area (Å²) in [6, 6.07) is 4.81. The van der Waals surface area contributed by atoms with E-state index in [2.05, 4.69) is 15.3 Å². The number of anilines is 1. The first kappa shape index (κ1) is 20.0. The number of carbonyl (C=O) groups is 1. The number of aromatic nitrogens is 1. The van der Waals surface area contributed by atoms with Gasteiger partial charge in [0.05, 0.1) is 11.9 Å². The summed E-state index contributed by atoms with van der Waals surface area (Å²) >= 11 is 1.06. The second-order valence-corrected chi connectivity index (χ2v) is 9.80. The van der Waals surface area contributed by atoms with E-state index >= 15 is 0 Å². The van der Waals surface area contributed by atoms with E-state index < -0.39 is 23.4 Å². The predicted octanol–water partition coefficient (Wildman–Crippen LogP) is 3.35. The molecule has 0 spiro atoms. The fraction of sp³-hybridized carbons (Fsp3) is 0.364. The minimum atomic E-state index is -0.535. The molecule has 0 saturated carbocycles. The molecular formula is C22H21F3N5OS+. The standard InChI is InChI=1S/C22H20F3N5OS/c23-12-6-15-19(26)20(32-22(15)28-8-12)21(31)27-4-3-11-5-17(25)18(7-16(11)24)30-9-13-1-2-14(10-30)29(13)30/h5-8,13-14H,1-4,9-10H2,(H2-,26,27,31)/p+1. The second-order valence-electron chi connectivity index (χ2n) is 8.80. The molecule has 2 aromatic heterocycles. The maximum atomic E-state index is 14.9. The number of nitrogen functional groups attached to an aromatic ring is 1. The van der Waals surface area contributed by atoms with Crippen LogP contribution >= 0.6 is 11.3 Å². The van der Waals surface area contributed by atoms with Crippen LogP contribution in [-0.2, 0) is 6.42 Å². The normalized spacial score (nSPS) is 26.0. The third-order valence-corrected chi connectivity index (χ3v) is 8.18. The van der Waals surface area contributed by atoms with E-state index in [9.17, 15) is 18.0 Å². The Morgan fingerprint density at radius 2 is 1.94 bits per heavy atom. The Hall–Kier alpha value is -2.69. The van der Waals surface area contributed by atoms with E-state index in [1.807, 2.05) is 0 Å². The molecule has 3 aliphatic heterocycles. The lowest BCUT2D eigenvalue weighted by Crippen LogP contribution is -2.88. The summed E-state index contributed by atoms with van der Waals surface area (Å²) in [5.41, 5.74) is 6.76. The topological polar surface area (TPSA) is 71.2 Å². The number of hydrogen-bond donors (Lipinski definition) is 2. The van der Waals surface area contributed by atoms with Crippen molar-refractivity contribution in [3.05, 3.63) is 52.3 Å². The number of thiophene rings is 1. The van der Waals surface area contributed by atoms with Crippen LogP contribution in [0.4, 0.5) is 24.5 Å². The first-order valence-corrected chi connectivity index (χ1v) is 11.4. The number of hydrogen-bond acceptors (Lipinski definition) is 5. The third-order valence-electron chi connectivity index (χ3n) is 7.05. The average Bonchev–Trinajstić information content (AvgIpc) is 3.11. The first-order chi connectivity index (χ1) is 15.4. The maximum absolute atomic E-state index is 14.9. The lowest BCUT2D eigenvalue weighted by atomic mass is 10.0. The number of rotatable bonds is 5. The maximum Gasteiger partial charge on any atom is 0.263 e. The molecule has 3 aromatic rings. The summed E-state index contributed by atoms with van der Waals surface area (Å²) in [6.45, 7) is 1.80. The number of halogens is 3. The number of nitrogens with zero attached hydrogens (tertiary/aromatic N) is 3. The van der Waals surface area contributed by atoms with Crippen LogP contribution < -0.4 is 15.6 Å². The molecule has 3 aliphatic rings. The molecule has 3 fully saturated rings. The van der Waals surface area contributed by atoms with Gasteiger partial charge >= 0.3 is 0 Å². The van der Waals surface area contributed by atoms with E-state index in [1.54, 1.807) is 0 Å². The smallest absolute Gasteiger partial charge is 0.263 e. The molecule has 166 valence electrons. The fourth-order valence-corrected chi connectivity index (χ4v) is 6.60. The van der Waals surface area contributed by atoms with Crippen LogP contribution in [0.15, 0.2) is 24.4 Å². The quantitative estimate of drug-likeness (QED) is 0.573. The van der Waals surface area contributed by atoms with Crippen LogP contribution in [-0.4, -0.2) is 47.6 Å². The third kappa shape index (κ3) is 2.72. The van der Waals surface area contributed by atoms with Gasteiger partial charge in [-0.15, -0.1) is 16.3 Å². The molecule has 2 atom stereocenters. The molecule has 3 N–H and O–H groups in total. The van der Waals surface area contributed by atoms with Gasteiger partial charge in [0.1, 0.15) is 46.5 Å². The highest BCUT2D eigenvalue weighted by Crippen LogP contribution is 2.53. The van der Waals surface area contributed by atoms with E-state index in [0.29, 0.717) is 32.6 Å². The van der Waals surface area contributed by atoms with Crippen LogP contribution in [0, 0.1) is 17.5 Å². The van der Waals surface area contributed by atoms with Crippen molar-refractivity contribution in [1.29, 1.82) is 0 Å². The van der Waals surface area contributed by atoms with E-state index in [-0.39, 0.29) is 29.1 Å². The number of benzene rings is 1. The molecule has 0 bridgehead atoms. The van der Waals surface area contributed by atoms with E-state index in [4.69, 9.17) is 5.73 Å². The highest BCUT2D eigenvalue weighted by atomic mass is 32.1. The summed E-state index contributed by atoms with van der Waals surface area (Å²) < 4.78 is 43.6. The fourth-order valence-electron chi connectivity index (χ4n) is 5.63. The van der Waals surface area contributed by atoms with Gasteiger partial charge in [-0.1, -0.05) is 0 Å². The van der Waals surface area contributed by atoms with Crippen LogP contribution in [0.3, 0.4) is 0 Å². The van der Waals surface area contributed by atoms with Gasteiger partial charge in [0.15, 0.2) is 11.5 Å². The summed E-state index contributed by atoms with van der Waals surface area (Å²) in [5, 5.41) is 5.37. The summed E-state index contributed by atoms with van der Waals surface area (Å²) in [6.07, 6.45) is 3.49. The molecule has 10 heteroatoms. The van der Waals surface area contributed by atoms with Gasteiger partial charge in [-0.2, -0.15) is 0 Å². The summed E-state index contributed by atoms with van der Waals surface area (Å²) in [7, 11) is 0. The number of amides is 1. The van der Waals surface area contributed by atoms with Gasteiger partial charge in [0.2, 0.25) is 0 Å². The molecule has 32 heavy (non-hydrogen) atoms. The number of piperazine rings is 1. The van der Waals surface area contributed by atoms with Crippen LogP contribution in [0.1, 0.15) is 28.1 Å². The number of fused-ring (bicyclic) bond motifs is 1. The molecule has 1 amide bonds. The van der Waals surface area contributed by atoms with Gasteiger partial charge in [-0.25, -0.2) is 22.7 Å². The largest absolute Gasteiger partial charge is 0.397 e. The van der Waals surface area contributed by atoms with Crippen molar-refractivity contribution in [2.24, 2.45) is 0 Å². The van der Waals surface area contributed by atoms with E-state index in [0.717, 1.165) is 43.5 Å². The van der Waals surface area contributed by atoms with Crippen LogP contribution in [0.2, 0.25) is 0 Å². The minimum absolute atomic E-state index is 0.111. The molecule has 6 nitrogen and oxygen atoms in total. The molecular weight excluding hydrogens is 439 g/mol. The zero-order valence-electron chi connectivity index (χ0n) is 17.1. The first-order valence-electron chi connectivity index (χ1n) is 10.6. The van der Waals surface area contributed by atoms with Gasteiger partial charge in [0.25, 0.3) is 5.91 Å². The summed E-state index contributed by atoms with van der Waals surface area (Å²) in [4.78, 5) is 17.2. The highest BCUT2D eigenvalue weighted by Gasteiger charge is 2.70. The molecule has 0 aliphatic carbocycles. The number of nitrogens with one attached hydrogen (secondary N) is 1. The van der Waals surface area contributed by atoms with Gasteiger partial charge in [0, 0.05) is 18.0 Å². The predicted molar refractivity (Wildman–Crippen MR) is 117 cm³/mol. The Labute approximate surface area is 186 Å². The van der Waals surface area contributed by atoms with Crippen LogP contribution in [0.25, 0.3) is 10.2 Å². The molecule has 1 aromatic carbocycles. The van der Waals surface area contributed by atoms with Crippen molar-refractivity contribution in [3.63, 3.8) is 0 Å². The minimum Gasteiger partial charge on any atom is -0.397 e. The lowest BCUT2D eigenvalue weighted by molar-refractivity contribution is -0.232. The van der Waals surface area contributed by atoms with Crippen molar-refractivity contribution in [3.8, 4) is 0 Å². The number of quaternary nitrogens is 1. The Balaban J connectivity index is 1.15. The van der Waals surface area contributed by atoms with E-state index in [1.165, 1.54) is 18.2 Å². The molecule has 5 heterocycles. The van der Waals surface area contributed by atoms with Gasteiger partial charge in [-0.3, -0.25) is 4.79 Å². The number of nitrogens with two attached hydrogens (primary N) is 1. The zero-order valence-corrected chi connectivity index (χ0v) is 17.9. The lowest BCUT2D eigenvalue weighted by Gasteiger charge is -2.64. The van der Waals surface area contributed by atoms with Crippen molar-refractivity contribution in [1.82, 2.24) is 19.9 Å². The Kier molecular flexibility index (Phi) is 4.30. The SMILES string of the molecule is Nc1c(C(=O)NCCc2cc(F)c([N+]34CC5CCC(C3)N54)cc2F)sc2ncc(F)cc12. The summed E-state index contributed by atoms with van der Waals surface area (Å²) in [5.74, 6) is -1.85. The molecule has 0 radical (unpaired) electrons. The number of pyridine rings is 1. The second kappa shape index (κ2) is 6.90. The Morgan fingerprint density at radius 3 is 2.69 bits per heavy atom. The average molecular weight is 461 g/mol. The molecule has 2 unspecified atom stereocenters.